The van der Waals surface area contributed by atoms with Crippen molar-refractivity contribution in [3.63, 3.8) is 0 Å². The lowest BCUT2D eigenvalue weighted by Crippen LogP contribution is -2.23. The van der Waals surface area contributed by atoms with Crippen molar-refractivity contribution in [2.75, 3.05) is 38.4 Å². The lowest BCUT2D eigenvalue weighted by molar-refractivity contribution is -0.00609. The first kappa shape index (κ1) is 48.1. The van der Waals surface area contributed by atoms with Gasteiger partial charge in [-0.15, -0.1) is 0 Å². The molecule has 0 aliphatic rings. The summed E-state index contributed by atoms with van der Waals surface area (Å²) in [5.74, 6) is 1.99. The van der Waals surface area contributed by atoms with Gasteiger partial charge in [0.2, 0.25) is 0 Å². The van der Waals surface area contributed by atoms with Gasteiger partial charge in [0.15, 0.2) is 0 Å². The number of hydrogen-bond donors (Lipinski definition) is 1. The lowest BCUT2D eigenvalue weighted by Gasteiger charge is -2.18. The van der Waals surface area contributed by atoms with E-state index in [2.05, 4.69) is 80.8 Å². The van der Waals surface area contributed by atoms with E-state index in [1.54, 1.807) is 0 Å². The smallest absolute Gasteiger partial charge is 0.0906 e. The van der Waals surface area contributed by atoms with E-state index in [0.29, 0.717) is 0 Å². The van der Waals surface area contributed by atoms with E-state index < -0.39 is 0 Å². The number of rotatable bonds is 39. The molecular formula is C44H81NO2S2. The summed E-state index contributed by atoms with van der Waals surface area (Å²) in [5.41, 5.74) is 1.28. The van der Waals surface area contributed by atoms with Crippen LogP contribution in [0.25, 0.3) is 0 Å². The molecule has 0 rings (SSSR count). The van der Waals surface area contributed by atoms with Crippen LogP contribution < -0.4 is 5.32 Å². The minimum absolute atomic E-state index is 0.184. The van der Waals surface area contributed by atoms with Gasteiger partial charge in [-0.3, -0.25) is 0 Å². The zero-order valence-electron chi connectivity index (χ0n) is 32.9. The maximum atomic E-state index is 6.34. The third-order valence-electron chi connectivity index (χ3n) is 8.71. The standard InChI is InChI=1S/C44H81NO2S2/c1-5-8-10-12-14-16-18-20-22-24-26-28-30-32-34-36-38-46-40-44(42-49-48-41-43(7-3)45-4)47-39-37-35-33-31-29-27-25-23-21-19-17-15-13-11-9-6-2/h7,14-17,20-23,44-45H,5-6,8-13,18-19,24-42H2,1-4H3/b16-14-,17-15-,22-20-,23-21-,43-7-. The molecule has 1 N–H and O–H groups in total. The van der Waals surface area contributed by atoms with Gasteiger partial charge >= 0.3 is 0 Å². The molecule has 0 heterocycles. The zero-order valence-corrected chi connectivity index (χ0v) is 34.5. The Hall–Kier alpha value is -0.880. The van der Waals surface area contributed by atoms with Crippen molar-refractivity contribution in [3.05, 3.63) is 60.4 Å². The van der Waals surface area contributed by atoms with E-state index in [4.69, 9.17) is 9.47 Å². The summed E-state index contributed by atoms with van der Waals surface area (Å²) in [5, 5.41) is 3.28. The van der Waals surface area contributed by atoms with Crippen LogP contribution in [-0.4, -0.2) is 44.5 Å². The fourth-order valence-electron chi connectivity index (χ4n) is 5.42. The average Bonchev–Trinajstić information content (AvgIpc) is 3.12. The molecule has 1 atom stereocenters. The summed E-state index contributed by atoms with van der Waals surface area (Å²) < 4.78 is 12.5. The summed E-state index contributed by atoms with van der Waals surface area (Å²) in [6.07, 6.45) is 51.8. The quantitative estimate of drug-likeness (QED) is 0.0388. The second kappa shape index (κ2) is 43.3. The fourth-order valence-corrected chi connectivity index (χ4v) is 7.76. The Morgan fingerprint density at radius 2 is 1.00 bits per heavy atom. The van der Waals surface area contributed by atoms with Gasteiger partial charge in [0, 0.05) is 37.5 Å². The Kier molecular flexibility index (Phi) is 42.5. The number of ether oxygens (including phenoxy) is 2. The minimum atomic E-state index is 0.184. The van der Waals surface area contributed by atoms with Crippen LogP contribution in [0.2, 0.25) is 0 Å². The van der Waals surface area contributed by atoms with Crippen LogP contribution >= 0.6 is 21.6 Å². The molecule has 1 unspecified atom stereocenters. The molecule has 0 spiro atoms. The van der Waals surface area contributed by atoms with Crippen molar-refractivity contribution in [3.8, 4) is 0 Å². The van der Waals surface area contributed by atoms with Crippen LogP contribution in [0.4, 0.5) is 0 Å². The molecule has 0 bridgehead atoms. The molecule has 0 aromatic carbocycles. The average molecular weight is 720 g/mol. The molecule has 0 amide bonds. The molecule has 0 aromatic rings. The van der Waals surface area contributed by atoms with E-state index in [9.17, 15) is 0 Å². The normalized spacial score (nSPS) is 13.3. The molecule has 0 saturated heterocycles. The fraction of sp³-hybridized carbons (Fsp3) is 0.773. The van der Waals surface area contributed by atoms with Gasteiger partial charge in [-0.05, 0) is 84.0 Å². The summed E-state index contributed by atoms with van der Waals surface area (Å²) >= 11 is 0. The summed E-state index contributed by atoms with van der Waals surface area (Å²) in [7, 11) is 5.82. The molecule has 0 aliphatic carbocycles. The van der Waals surface area contributed by atoms with Gasteiger partial charge in [0.1, 0.15) is 0 Å². The second-order valence-electron chi connectivity index (χ2n) is 13.3. The highest BCUT2D eigenvalue weighted by molar-refractivity contribution is 8.76. The predicted molar refractivity (Wildman–Crippen MR) is 227 cm³/mol. The van der Waals surface area contributed by atoms with Crippen LogP contribution in [0, 0.1) is 0 Å². The lowest BCUT2D eigenvalue weighted by atomic mass is 10.1. The van der Waals surface area contributed by atoms with E-state index in [0.717, 1.165) is 57.0 Å². The van der Waals surface area contributed by atoms with Crippen LogP contribution in [0.1, 0.15) is 175 Å². The Morgan fingerprint density at radius 1 is 0.551 bits per heavy atom. The molecule has 0 saturated carbocycles. The summed E-state index contributed by atoms with van der Waals surface area (Å²) in [4.78, 5) is 0. The van der Waals surface area contributed by atoms with Crippen LogP contribution in [0.3, 0.4) is 0 Å². The van der Waals surface area contributed by atoms with Gasteiger partial charge in [0.25, 0.3) is 0 Å². The first-order valence-electron chi connectivity index (χ1n) is 20.6. The van der Waals surface area contributed by atoms with E-state index in [-0.39, 0.29) is 6.10 Å². The molecule has 3 nitrogen and oxygen atoms in total. The predicted octanol–water partition coefficient (Wildman–Crippen LogP) is 14.5. The van der Waals surface area contributed by atoms with E-state index in [1.807, 2.05) is 28.6 Å². The third kappa shape index (κ3) is 39.8. The second-order valence-corrected chi connectivity index (χ2v) is 15.9. The number of allylic oxidation sites excluding steroid dienone is 9. The van der Waals surface area contributed by atoms with E-state index in [1.165, 1.54) is 134 Å². The van der Waals surface area contributed by atoms with Gasteiger partial charge in [-0.1, -0.05) is 167 Å². The van der Waals surface area contributed by atoms with Crippen LogP contribution in [0.15, 0.2) is 60.4 Å². The Labute approximate surface area is 314 Å². The highest BCUT2D eigenvalue weighted by Gasteiger charge is 2.11. The highest BCUT2D eigenvalue weighted by atomic mass is 33.1. The molecule has 0 aliphatic heterocycles. The van der Waals surface area contributed by atoms with Gasteiger partial charge in [0.05, 0.1) is 12.7 Å². The topological polar surface area (TPSA) is 30.5 Å². The van der Waals surface area contributed by atoms with Crippen molar-refractivity contribution in [1.82, 2.24) is 5.32 Å². The Bertz CT molecular complexity index is 792. The zero-order chi connectivity index (χ0) is 35.6. The van der Waals surface area contributed by atoms with Crippen molar-refractivity contribution < 1.29 is 9.47 Å². The maximum Gasteiger partial charge on any atom is 0.0906 e. The number of unbranched alkanes of at least 4 members (excludes halogenated alkanes) is 18. The van der Waals surface area contributed by atoms with Gasteiger partial charge in [-0.25, -0.2) is 0 Å². The molecular weight excluding hydrogens is 639 g/mol. The van der Waals surface area contributed by atoms with Crippen molar-refractivity contribution in [2.24, 2.45) is 0 Å². The first-order valence-corrected chi connectivity index (χ1v) is 23.1. The SMILES string of the molecule is C/C=C(/CSSCC(COCCCCCCCC/C=C\C/C=C\CCCCC)OCCCCCCCC/C=C\C/C=C\CCCCC)NC. The number of hydrogen-bond acceptors (Lipinski definition) is 5. The Morgan fingerprint density at radius 3 is 1.47 bits per heavy atom. The van der Waals surface area contributed by atoms with Gasteiger partial charge in [-0.2, -0.15) is 0 Å². The highest BCUT2D eigenvalue weighted by Crippen LogP contribution is 2.25. The van der Waals surface area contributed by atoms with E-state index >= 15 is 0 Å². The van der Waals surface area contributed by atoms with Crippen molar-refractivity contribution >= 4 is 21.6 Å². The molecule has 0 radical (unpaired) electrons. The number of nitrogens with one attached hydrogen (secondary N) is 1. The third-order valence-corrected chi connectivity index (χ3v) is 11.1. The molecule has 49 heavy (non-hydrogen) atoms. The van der Waals surface area contributed by atoms with Crippen molar-refractivity contribution in [2.45, 2.75) is 181 Å². The molecule has 0 aromatic heterocycles. The summed E-state index contributed by atoms with van der Waals surface area (Å²) in [6, 6.07) is 0. The van der Waals surface area contributed by atoms with Crippen LogP contribution in [-0.2, 0) is 9.47 Å². The minimum Gasteiger partial charge on any atom is -0.391 e. The van der Waals surface area contributed by atoms with Gasteiger partial charge < -0.3 is 14.8 Å². The molecule has 0 fully saturated rings. The maximum absolute atomic E-state index is 6.34. The molecule has 5 heteroatoms. The Balaban J connectivity index is 3.93. The monoisotopic (exact) mass is 720 g/mol. The summed E-state index contributed by atoms with van der Waals surface area (Å²) in [6.45, 7) is 9.06. The molecule has 286 valence electrons. The van der Waals surface area contributed by atoms with Crippen LogP contribution in [0.5, 0.6) is 0 Å². The largest absolute Gasteiger partial charge is 0.391 e. The van der Waals surface area contributed by atoms with Crippen molar-refractivity contribution in [1.29, 1.82) is 0 Å². The first-order chi connectivity index (χ1) is 24.3.